The largest absolute Gasteiger partial charge is 0.378 e. The Hall–Kier alpha value is -0.940. The summed E-state index contributed by atoms with van der Waals surface area (Å²) in [5, 5.41) is -0.0950. The van der Waals surface area contributed by atoms with Gasteiger partial charge in [-0.15, -0.1) is 0 Å². The van der Waals surface area contributed by atoms with Crippen LogP contribution in [0, 0.1) is 0 Å². The molecule has 178 valence electrons. The van der Waals surface area contributed by atoms with Gasteiger partial charge in [-0.2, -0.15) is 0 Å². The first-order valence-electron chi connectivity index (χ1n) is 10.6. The Labute approximate surface area is 188 Å². The second-order valence-corrected chi connectivity index (χ2v) is 12.7. The number of hydrogen-bond donors (Lipinski definition) is 0. The molecule has 0 amide bonds. The van der Waals surface area contributed by atoms with Crippen LogP contribution in [0.25, 0.3) is 6.08 Å². The molecule has 0 aliphatic carbocycles. The maximum Gasteiger partial charge on any atom is 0.370 e. The minimum atomic E-state index is -4.03. The van der Waals surface area contributed by atoms with Crippen molar-refractivity contribution in [3.05, 3.63) is 34.9 Å². The molecular weight excluding hydrogens is 436 g/mol. The van der Waals surface area contributed by atoms with E-state index in [0.29, 0.717) is 5.56 Å². The highest BCUT2D eigenvalue weighted by atomic mass is 31.2. The Morgan fingerprint density at radius 3 is 1.29 bits per heavy atom. The first-order chi connectivity index (χ1) is 14.2. The molecular formula is C22H39NO6P2. The van der Waals surface area contributed by atoms with Gasteiger partial charge in [0.25, 0.3) is 0 Å². The van der Waals surface area contributed by atoms with Crippen LogP contribution in [-0.2, 0) is 27.2 Å². The first-order valence-corrected chi connectivity index (χ1v) is 13.7. The van der Waals surface area contributed by atoms with Crippen molar-refractivity contribution in [1.82, 2.24) is 0 Å². The smallest absolute Gasteiger partial charge is 0.370 e. The highest BCUT2D eigenvalue weighted by Crippen LogP contribution is 2.75. The highest BCUT2D eigenvalue weighted by Gasteiger charge is 2.47. The fourth-order valence-electron chi connectivity index (χ4n) is 2.70. The number of rotatable bonds is 12. The quantitative estimate of drug-likeness (QED) is 0.298. The summed E-state index contributed by atoms with van der Waals surface area (Å²) in [6.45, 7) is 14.0. The van der Waals surface area contributed by atoms with Gasteiger partial charge in [-0.1, -0.05) is 12.1 Å². The van der Waals surface area contributed by atoms with Gasteiger partial charge in [0.1, 0.15) is 0 Å². The Morgan fingerprint density at radius 1 is 0.710 bits per heavy atom. The van der Waals surface area contributed by atoms with Crippen LogP contribution in [0.15, 0.2) is 29.3 Å². The molecule has 0 aromatic heterocycles. The van der Waals surface area contributed by atoms with E-state index in [1.54, 1.807) is 61.5 Å². The molecule has 7 nitrogen and oxygen atoms in total. The second-order valence-electron chi connectivity index (χ2n) is 8.60. The molecule has 0 unspecified atom stereocenters. The monoisotopic (exact) mass is 475 g/mol. The molecule has 0 aliphatic heterocycles. The molecule has 1 rings (SSSR count). The normalized spacial score (nSPS) is 12.8. The van der Waals surface area contributed by atoms with E-state index in [2.05, 4.69) is 0 Å². The van der Waals surface area contributed by atoms with E-state index in [1.165, 1.54) is 0 Å². The summed E-state index contributed by atoms with van der Waals surface area (Å²) in [7, 11) is -4.18. The van der Waals surface area contributed by atoms with Crippen molar-refractivity contribution in [3.63, 3.8) is 0 Å². The molecule has 1 aromatic rings. The summed E-state index contributed by atoms with van der Waals surface area (Å²) in [6.07, 6.45) is -0.186. The van der Waals surface area contributed by atoms with Gasteiger partial charge in [-0.25, -0.2) is 0 Å². The highest BCUT2D eigenvalue weighted by molar-refractivity contribution is 7.79. The van der Waals surface area contributed by atoms with Gasteiger partial charge in [0.2, 0.25) is 0 Å². The molecule has 0 N–H and O–H groups in total. The number of benzene rings is 1. The lowest BCUT2D eigenvalue weighted by molar-refractivity contribution is 0.138. The average molecular weight is 476 g/mol. The summed E-state index contributed by atoms with van der Waals surface area (Å²) in [5.41, 5.74) is 1.68. The predicted molar refractivity (Wildman–Crippen MR) is 129 cm³/mol. The SMILES string of the molecule is CC(C)OP(=O)(OC(C)C)C(=Cc1ccc(N(C)C)cc1)P(=O)(OC(C)C)OC(C)C. The van der Waals surface area contributed by atoms with Crippen LogP contribution < -0.4 is 4.90 Å². The zero-order chi connectivity index (χ0) is 24.0. The maximum absolute atomic E-state index is 14.1. The minimum Gasteiger partial charge on any atom is -0.378 e. The van der Waals surface area contributed by atoms with Gasteiger partial charge in [-0.3, -0.25) is 9.13 Å². The van der Waals surface area contributed by atoms with E-state index in [-0.39, 0.29) is 5.06 Å². The van der Waals surface area contributed by atoms with Crippen LogP contribution in [0.5, 0.6) is 0 Å². The van der Waals surface area contributed by atoms with Crippen LogP contribution in [0.3, 0.4) is 0 Å². The molecule has 0 spiro atoms. The zero-order valence-corrected chi connectivity index (χ0v) is 22.3. The Balaban J connectivity index is 3.76. The maximum atomic E-state index is 14.1. The van der Waals surface area contributed by atoms with E-state index in [4.69, 9.17) is 18.1 Å². The number of nitrogens with zero attached hydrogens (tertiary/aromatic N) is 1. The van der Waals surface area contributed by atoms with Crippen molar-refractivity contribution in [2.45, 2.75) is 79.8 Å². The summed E-state index contributed by atoms with van der Waals surface area (Å²) >= 11 is 0. The lowest BCUT2D eigenvalue weighted by Gasteiger charge is -2.30. The summed E-state index contributed by atoms with van der Waals surface area (Å²) < 4.78 is 51.3. The van der Waals surface area contributed by atoms with Crippen LogP contribution in [0.1, 0.15) is 61.0 Å². The van der Waals surface area contributed by atoms with Crippen LogP contribution >= 0.6 is 15.2 Å². The van der Waals surface area contributed by atoms with Crippen molar-refractivity contribution in [1.29, 1.82) is 0 Å². The summed E-state index contributed by atoms with van der Waals surface area (Å²) in [5.74, 6) is 0. The second kappa shape index (κ2) is 11.8. The van der Waals surface area contributed by atoms with Gasteiger partial charge in [0.05, 0.1) is 24.4 Å². The van der Waals surface area contributed by atoms with Crippen molar-refractivity contribution in [3.8, 4) is 0 Å². The molecule has 0 aliphatic rings. The fraction of sp³-hybridized carbons (Fsp3) is 0.636. The van der Waals surface area contributed by atoms with Crippen molar-refractivity contribution in [2.24, 2.45) is 0 Å². The molecule has 0 atom stereocenters. The summed E-state index contributed by atoms with van der Waals surface area (Å²) in [6, 6.07) is 7.52. The third-order valence-electron chi connectivity index (χ3n) is 3.66. The van der Waals surface area contributed by atoms with Crippen LogP contribution in [0.2, 0.25) is 0 Å². The molecule has 0 saturated heterocycles. The Morgan fingerprint density at radius 2 is 1.03 bits per heavy atom. The van der Waals surface area contributed by atoms with Crippen molar-refractivity contribution >= 4 is 27.0 Å². The molecule has 0 bridgehead atoms. The molecule has 0 heterocycles. The molecule has 9 heteroatoms. The van der Waals surface area contributed by atoms with Crippen molar-refractivity contribution in [2.75, 3.05) is 19.0 Å². The lowest BCUT2D eigenvalue weighted by atomic mass is 10.2. The predicted octanol–water partition coefficient (Wildman–Crippen LogP) is 7.14. The third kappa shape index (κ3) is 8.84. The van der Waals surface area contributed by atoms with E-state index < -0.39 is 39.6 Å². The molecule has 1 aromatic carbocycles. The van der Waals surface area contributed by atoms with Crippen molar-refractivity contribution < 1.29 is 27.2 Å². The van der Waals surface area contributed by atoms with E-state index in [1.807, 2.05) is 43.3 Å². The Bertz CT molecular complexity index is 748. The zero-order valence-electron chi connectivity index (χ0n) is 20.5. The van der Waals surface area contributed by atoms with E-state index in [0.717, 1.165) is 5.69 Å². The summed E-state index contributed by atoms with van der Waals surface area (Å²) in [4.78, 5) is 1.97. The van der Waals surface area contributed by atoms with Gasteiger partial charge in [0.15, 0.2) is 5.06 Å². The standard InChI is InChI=1S/C22H39NO6P2/c1-16(2)26-30(24,27-17(3)4)22(31(25,28-18(5)6)29-19(7)8)15-20-11-13-21(14-12-20)23(9)10/h11-19H,1-10H3. The van der Waals surface area contributed by atoms with Crippen LogP contribution in [-0.4, -0.2) is 38.5 Å². The molecule has 0 saturated carbocycles. The topological polar surface area (TPSA) is 74.3 Å². The number of anilines is 1. The Kier molecular flexibility index (Phi) is 10.7. The number of hydrogen-bond acceptors (Lipinski definition) is 7. The fourth-order valence-corrected chi connectivity index (χ4v) is 7.83. The lowest BCUT2D eigenvalue weighted by Crippen LogP contribution is -2.14. The average Bonchev–Trinajstić information content (AvgIpc) is 2.56. The molecule has 31 heavy (non-hydrogen) atoms. The van der Waals surface area contributed by atoms with Gasteiger partial charge >= 0.3 is 15.2 Å². The molecule has 0 radical (unpaired) electrons. The third-order valence-corrected chi connectivity index (χ3v) is 9.31. The van der Waals surface area contributed by atoms with Gasteiger partial charge in [0, 0.05) is 19.8 Å². The van der Waals surface area contributed by atoms with Crippen LogP contribution in [0.4, 0.5) is 5.69 Å². The van der Waals surface area contributed by atoms with E-state index >= 15 is 0 Å². The minimum absolute atomic E-state index is 0.0950. The van der Waals surface area contributed by atoms with Gasteiger partial charge < -0.3 is 23.0 Å². The van der Waals surface area contributed by atoms with Gasteiger partial charge in [-0.05, 0) is 79.2 Å². The first kappa shape index (κ1) is 28.1. The molecule has 0 fully saturated rings. The van der Waals surface area contributed by atoms with E-state index in [9.17, 15) is 9.13 Å².